The van der Waals surface area contributed by atoms with E-state index in [0.717, 1.165) is 30.5 Å². The Kier molecular flexibility index (Phi) is 8.46. The third kappa shape index (κ3) is 5.85. The van der Waals surface area contributed by atoms with Gasteiger partial charge in [0.1, 0.15) is 17.0 Å². The number of aryl methyl sites for hydroxylation is 2. The second-order valence-electron chi connectivity index (χ2n) is 7.35. The molecule has 1 aromatic carbocycles. The monoisotopic (exact) mass is 429 g/mol. The van der Waals surface area contributed by atoms with E-state index in [4.69, 9.17) is 14.2 Å². The summed E-state index contributed by atoms with van der Waals surface area (Å²) in [7, 11) is 1.53. The third-order valence-corrected chi connectivity index (χ3v) is 5.23. The largest absolute Gasteiger partial charge is 0.496 e. The summed E-state index contributed by atoms with van der Waals surface area (Å²) in [4.78, 5) is 25.1. The van der Waals surface area contributed by atoms with Crippen LogP contribution in [0.1, 0.15) is 58.3 Å². The van der Waals surface area contributed by atoms with Crippen molar-refractivity contribution in [3.63, 3.8) is 0 Å². The van der Waals surface area contributed by atoms with Crippen LogP contribution in [0.5, 0.6) is 5.75 Å². The minimum absolute atomic E-state index is 0.0832. The minimum atomic E-state index is -0.410. The topological polar surface area (TPSA) is 91.7 Å². The van der Waals surface area contributed by atoms with E-state index >= 15 is 0 Å². The van der Waals surface area contributed by atoms with Crippen LogP contribution in [0.3, 0.4) is 0 Å². The van der Waals surface area contributed by atoms with Gasteiger partial charge in [-0.15, -0.1) is 0 Å². The molecule has 0 radical (unpaired) electrons. The molecule has 1 N–H and O–H groups in total. The molecule has 0 aliphatic carbocycles. The smallest absolute Gasteiger partial charge is 0.341 e. The van der Waals surface area contributed by atoms with Crippen molar-refractivity contribution in [1.29, 1.82) is 0 Å². The molecule has 0 unspecified atom stereocenters. The molecule has 0 spiro atoms. The maximum absolute atomic E-state index is 12.8. The predicted octanol–water partition coefficient (Wildman–Crippen LogP) is 2.78. The van der Waals surface area contributed by atoms with Crippen LogP contribution < -0.4 is 10.1 Å². The average Bonchev–Trinajstić information content (AvgIpc) is 3.13. The zero-order valence-corrected chi connectivity index (χ0v) is 18.3. The Hall–Kier alpha value is -2.87. The Morgan fingerprint density at radius 3 is 2.87 bits per heavy atom. The van der Waals surface area contributed by atoms with Gasteiger partial charge in [-0.2, -0.15) is 5.10 Å². The summed E-state index contributed by atoms with van der Waals surface area (Å²) in [6, 6.07) is 6.99. The normalized spacial score (nSPS) is 14.8. The summed E-state index contributed by atoms with van der Waals surface area (Å²) < 4.78 is 18.1. The van der Waals surface area contributed by atoms with Gasteiger partial charge >= 0.3 is 5.97 Å². The maximum Gasteiger partial charge on any atom is 0.341 e. The van der Waals surface area contributed by atoms with Gasteiger partial charge in [0, 0.05) is 31.9 Å². The van der Waals surface area contributed by atoms with Crippen molar-refractivity contribution in [2.45, 2.75) is 45.6 Å². The Morgan fingerprint density at radius 1 is 1.26 bits per heavy atom. The quantitative estimate of drug-likeness (QED) is 0.538. The summed E-state index contributed by atoms with van der Waals surface area (Å²) in [6.45, 7) is 4.77. The molecule has 1 aromatic heterocycles. The van der Waals surface area contributed by atoms with E-state index in [1.807, 2.05) is 6.92 Å². The molecule has 1 aliphatic rings. The van der Waals surface area contributed by atoms with E-state index in [1.54, 1.807) is 28.9 Å². The van der Waals surface area contributed by atoms with Crippen LogP contribution in [-0.4, -0.2) is 55.1 Å². The summed E-state index contributed by atoms with van der Waals surface area (Å²) >= 11 is 0. The van der Waals surface area contributed by atoms with Gasteiger partial charge in [-0.05, 0) is 51.2 Å². The Morgan fingerprint density at radius 2 is 2.06 bits per heavy atom. The van der Waals surface area contributed by atoms with Crippen LogP contribution in [0.2, 0.25) is 0 Å². The van der Waals surface area contributed by atoms with Crippen LogP contribution in [0.25, 0.3) is 0 Å². The number of rotatable bonds is 7. The SMILES string of the molecule is CCn1nc(CCCOC(=O)c2ccccc2OC)c2c1C(=O)NCCCOCCC2. The highest BCUT2D eigenvalue weighted by Gasteiger charge is 2.23. The van der Waals surface area contributed by atoms with E-state index in [2.05, 4.69) is 10.4 Å². The zero-order chi connectivity index (χ0) is 22.1. The number of aromatic nitrogens is 2. The molecular formula is C23H31N3O5. The lowest BCUT2D eigenvalue weighted by Crippen LogP contribution is -2.28. The zero-order valence-electron chi connectivity index (χ0n) is 18.3. The van der Waals surface area contributed by atoms with E-state index < -0.39 is 5.97 Å². The first-order chi connectivity index (χ1) is 15.2. The van der Waals surface area contributed by atoms with Crippen molar-refractivity contribution in [3.8, 4) is 5.75 Å². The first kappa shape index (κ1) is 22.8. The van der Waals surface area contributed by atoms with Gasteiger partial charge in [-0.1, -0.05) is 12.1 Å². The number of fused-ring (bicyclic) bond motifs is 1. The molecule has 8 nitrogen and oxygen atoms in total. The van der Waals surface area contributed by atoms with Crippen molar-refractivity contribution in [1.82, 2.24) is 15.1 Å². The van der Waals surface area contributed by atoms with Gasteiger partial charge in [0.2, 0.25) is 0 Å². The van der Waals surface area contributed by atoms with E-state index in [0.29, 0.717) is 56.2 Å². The van der Waals surface area contributed by atoms with Crippen LogP contribution >= 0.6 is 0 Å². The molecule has 168 valence electrons. The highest BCUT2D eigenvalue weighted by molar-refractivity contribution is 5.94. The second kappa shape index (κ2) is 11.5. The number of nitrogens with zero attached hydrogens (tertiary/aromatic N) is 2. The number of nitrogens with one attached hydrogen (secondary N) is 1. The second-order valence-corrected chi connectivity index (χ2v) is 7.35. The van der Waals surface area contributed by atoms with E-state index in [9.17, 15) is 9.59 Å². The highest BCUT2D eigenvalue weighted by Crippen LogP contribution is 2.21. The number of ether oxygens (including phenoxy) is 3. The molecule has 31 heavy (non-hydrogen) atoms. The number of benzene rings is 1. The number of hydrogen-bond acceptors (Lipinski definition) is 6. The van der Waals surface area contributed by atoms with E-state index in [1.165, 1.54) is 7.11 Å². The van der Waals surface area contributed by atoms with Crippen molar-refractivity contribution < 1.29 is 23.8 Å². The summed E-state index contributed by atoms with van der Waals surface area (Å²) in [5.41, 5.74) is 2.91. The van der Waals surface area contributed by atoms with Crippen LogP contribution in [0.4, 0.5) is 0 Å². The fourth-order valence-corrected chi connectivity index (χ4v) is 3.70. The number of amides is 1. The first-order valence-corrected chi connectivity index (χ1v) is 10.9. The molecule has 8 heteroatoms. The Labute approximate surface area is 182 Å². The molecule has 0 bridgehead atoms. The lowest BCUT2D eigenvalue weighted by Gasteiger charge is -2.09. The molecule has 0 saturated carbocycles. The van der Waals surface area contributed by atoms with Gasteiger partial charge < -0.3 is 19.5 Å². The molecule has 0 atom stereocenters. The van der Waals surface area contributed by atoms with Crippen molar-refractivity contribution in [3.05, 3.63) is 46.8 Å². The van der Waals surface area contributed by atoms with Crippen molar-refractivity contribution in [2.75, 3.05) is 33.5 Å². The summed E-state index contributed by atoms with van der Waals surface area (Å²) in [5, 5.41) is 7.66. The summed E-state index contributed by atoms with van der Waals surface area (Å²) in [6.07, 6.45) is 3.62. The predicted molar refractivity (Wildman–Crippen MR) is 116 cm³/mol. The lowest BCUT2D eigenvalue weighted by molar-refractivity contribution is 0.0496. The fraction of sp³-hybridized carbons (Fsp3) is 0.522. The number of esters is 1. The number of hydrogen-bond donors (Lipinski definition) is 1. The lowest BCUT2D eigenvalue weighted by atomic mass is 10.0. The molecule has 2 aromatic rings. The molecule has 0 fully saturated rings. The minimum Gasteiger partial charge on any atom is -0.496 e. The van der Waals surface area contributed by atoms with Gasteiger partial charge in [-0.3, -0.25) is 9.48 Å². The Balaban J connectivity index is 1.66. The number of para-hydroxylation sites is 1. The number of methoxy groups -OCH3 is 1. The summed E-state index contributed by atoms with van der Waals surface area (Å²) in [5.74, 6) is -0.000764. The first-order valence-electron chi connectivity index (χ1n) is 10.9. The average molecular weight is 430 g/mol. The molecule has 0 saturated heterocycles. The van der Waals surface area contributed by atoms with Crippen molar-refractivity contribution in [2.24, 2.45) is 0 Å². The maximum atomic E-state index is 12.8. The molecular weight excluding hydrogens is 398 g/mol. The molecule has 3 rings (SSSR count). The standard InChI is InChI=1S/C23H31N3O5/c1-3-26-21-17(10-6-14-30-15-8-13-24-22(21)27)19(25-26)11-7-16-31-23(28)18-9-4-5-12-20(18)29-2/h4-5,9,12H,3,6-8,10-11,13-16H2,1-2H3,(H,24,27). The van der Waals surface area contributed by atoms with Gasteiger partial charge in [0.05, 0.1) is 19.4 Å². The third-order valence-electron chi connectivity index (χ3n) is 5.23. The highest BCUT2D eigenvalue weighted by atomic mass is 16.5. The van der Waals surface area contributed by atoms with Crippen LogP contribution in [-0.2, 0) is 28.9 Å². The van der Waals surface area contributed by atoms with Crippen LogP contribution in [0.15, 0.2) is 24.3 Å². The molecule has 2 heterocycles. The molecule has 1 aliphatic heterocycles. The van der Waals surface area contributed by atoms with Gasteiger partial charge in [0.25, 0.3) is 5.91 Å². The van der Waals surface area contributed by atoms with Crippen molar-refractivity contribution >= 4 is 11.9 Å². The number of carbonyl (C=O) groups is 2. The Bertz CT molecular complexity index is 893. The van der Waals surface area contributed by atoms with E-state index in [-0.39, 0.29) is 12.5 Å². The number of carbonyl (C=O) groups excluding carboxylic acids is 2. The van der Waals surface area contributed by atoms with Crippen LogP contribution in [0, 0.1) is 0 Å². The fourth-order valence-electron chi connectivity index (χ4n) is 3.70. The van der Waals surface area contributed by atoms with Gasteiger partial charge in [-0.25, -0.2) is 4.79 Å². The molecule has 1 amide bonds. The van der Waals surface area contributed by atoms with Gasteiger partial charge in [0.15, 0.2) is 0 Å².